The summed E-state index contributed by atoms with van der Waals surface area (Å²) in [5, 5.41) is 2.75. The first-order valence-electron chi connectivity index (χ1n) is 9.08. The van der Waals surface area contributed by atoms with Gasteiger partial charge in [0.25, 0.3) is 15.9 Å². The van der Waals surface area contributed by atoms with Gasteiger partial charge >= 0.3 is 0 Å². The van der Waals surface area contributed by atoms with Crippen molar-refractivity contribution in [2.45, 2.75) is 10.6 Å². The summed E-state index contributed by atoms with van der Waals surface area (Å²) in [4.78, 5) is 12.6. The third-order valence-electron chi connectivity index (χ3n) is 4.28. The number of rotatable bonds is 8. The molecular formula is C22H22N2O4S2. The molecule has 0 heterocycles. The molecule has 0 aliphatic carbocycles. The molecule has 0 saturated carbocycles. The summed E-state index contributed by atoms with van der Waals surface area (Å²) < 4.78 is 33.3. The lowest BCUT2D eigenvalue weighted by atomic mass is 10.1. The van der Waals surface area contributed by atoms with Crippen molar-refractivity contribution in [3.8, 4) is 5.75 Å². The zero-order chi connectivity index (χ0) is 21.6. The normalized spacial score (nSPS) is 11.0. The molecule has 0 fully saturated rings. The molecule has 0 spiro atoms. The molecule has 0 bridgehead atoms. The van der Waals surface area contributed by atoms with Gasteiger partial charge in [0.1, 0.15) is 5.75 Å². The van der Waals surface area contributed by atoms with Crippen LogP contribution in [0.15, 0.2) is 77.7 Å². The molecule has 2 N–H and O–H groups in total. The second kappa shape index (κ2) is 9.69. The monoisotopic (exact) mass is 442 g/mol. The smallest absolute Gasteiger partial charge is 0.262 e. The van der Waals surface area contributed by atoms with Crippen LogP contribution in [0.25, 0.3) is 0 Å². The first-order chi connectivity index (χ1) is 14.4. The van der Waals surface area contributed by atoms with E-state index in [1.165, 1.54) is 19.2 Å². The molecule has 0 atom stereocenters. The van der Waals surface area contributed by atoms with E-state index in [2.05, 4.69) is 10.0 Å². The Labute approximate surface area is 180 Å². The van der Waals surface area contributed by atoms with Crippen LogP contribution in [0.4, 0.5) is 11.4 Å². The minimum atomic E-state index is -3.86. The SMILES string of the molecule is COc1ccccc1NS(=O)(=O)c1cccc(NC(=O)c2ccc(CSC)cc2)c1. The zero-order valence-corrected chi connectivity index (χ0v) is 18.2. The summed E-state index contributed by atoms with van der Waals surface area (Å²) >= 11 is 1.71. The van der Waals surface area contributed by atoms with Gasteiger partial charge in [-0.3, -0.25) is 9.52 Å². The maximum atomic E-state index is 12.8. The largest absolute Gasteiger partial charge is 0.495 e. The number of sulfonamides is 1. The predicted octanol–water partition coefficient (Wildman–Crippen LogP) is 4.61. The standard InChI is InChI=1S/C22H22N2O4S2/c1-28-21-9-4-3-8-20(21)24-30(26,27)19-7-5-6-18(14-19)23-22(25)17-12-10-16(11-13-17)15-29-2/h3-14,24H,15H2,1-2H3,(H,23,25). The fourth-order valence-electron chi connectivity index (χ4n) is 2.80. The Morgan fingerprint density at radius 3 is 2.43 bits per heavy atom. The summed E-state index contributed by atoms with van der Waals surface area (Å²) in [7, 11) is -2.40. The summed E-state index contributed by atoms with van der Waals surface area (Å²) in [6.45, 7) is 0. The van der Waals surface area contributed by atoms with E-state index < -0.39 is 10.0 Å². The molecule has 0 unspecified atom stereocenters. The van der Waals surface area contributed by atoms with Gasteiger partial charge in [-0.05, 0) is 54.3 Å². The Kier molecular flexibility index (Phi) is 7.02. The fourth-order valence-corrected chi connectivity index (χ4v) is 4.44. The molecule has 0 saturated heterocycles. The number of thioether (sulfide) groups is 1. The third kappa shape index (κ3) is 5.34. The summed E-state index contributed by atoms with van der Waals surface area (Å²) in [6.07, 6.45) is 2.02. The number of hydrogen-bond donors (Lipinski definition) is 2. The number of amides is 1. The maximum Gasteiger partial charge on any atom is 0.262 e. The number of methoxy groups -OCH3 is 1. The first-order valence-corrected chi connectivity index (χ1v) is 12.0. The molecule has 0 aliphatic rings. The Balaban J connectivity index is 1.77. The van der Waals surface area contributed by atoms with Gasteiger partial charge < -0.3 is 10.1 Å². The molecule has 8 heteroatoms. The molecule has 3 aromatic rings. The molecule has 156 valence electrons. The van der Waals surface area contributed by atoms with Gasteiger partial charge in [-0.1, -0.05) is 30.3 Å². The van der Waals surface area contributed by atoms with Crippen LogP contribution in [0.3, 0.4) is 0 Å². The van der Waals surface area contributed by atoms with Crippen LogP contribution in [0, 0.1) is 0 Å². The average molecular weight is 443 g/mol. The second-order valence-electron chi connectivity index (χ2n) is 6.42. The van der Waals surface area contributed by atoms with Crippen LogP contribution in [0.2, 0.25) is 0 Å². The minimum Gasteiger partial charge on any atom is -0.495 e. The second-order valence-corrected chi connectivity index (χ2v) is 8.97. The van der Waals surface area contributed by atoms with Crippen LogP contribution in [-0.4, -0.2) is 27.7 Å². The van der Waals surface area contributed by atoms with Crippen LogP contribution in [-0.2, 0) is 15.8 Å². The number of anilines is 2. The van der Waals surface area contributed by atoms with Crippen molar-refractivity contribution in [2.75, 3.05) is 23.4 Å². The van der Waals surface area contributed by atoms with Crippen molar-refractivity contribution >= 4 is 39.1 Å². The number of hydrogen-bond acceptors (Lipinski definition) is 5. The van der Waals surface area contributed by atoms with E-state index in [9.17, 15) is 13.2 Å². The average Bonchev–Trinajstić information content (AvgIpc) is 2.75. The summed E-state index contributed by atoms with van der Waals surface area (Å²) in [6, 6.07) is 20.2. The van der Waals surface area contributed by atoms with Gasteiger partial charge in [-0.25, -0.2) is 8.42 Å². The highest BCUT2D eigenvalue weighted by molar-refractivity contribution is 7.97. The lowest BCUT2D eigenvalue weighted by molar-refractivity contribution is 0.102. The number of benzene rings is 3. The van der Waals surface area contributed by atoms with Crippen molar-refractivity contribution in [2.24, 2.45) is 0 Å². The molecule has 0 aromatic heterocycles. The van der Waals surface area contributed by atoms with Crippen molar-refractivity contribution < 1.29 is 17.9 Å². The highest BCUT2D eigenvalue weighted by Crippen LogP contribution is 2.27. The van der Waals surface area contributed by atoms with E-state index in [1.807, 2.05) is 18.4 Å². The van der Waals surface area contributed by atoms with Gasteiger partial charge in [0, 0.05) is 17.0 Å². The van der Waals surface area contributed by atoms with E-state index >= 15 is 0 Å². The molecule has 3 rings (SSSR count). The Hall–Kier alpha value is -2.97. The third-order valence-corrected chi connectivity index (χ3v) is 6.27. The van der Waals surface area contributed by atoms with Gasteiger partial charge in [0.05, 0.1) is 17.7 Å². The Morgan fingerprint density at radius 1 is 1.00 bits per heavy atom. The van der Waals surface area contributed by atoms with E-state index in [1.54, 1.807) is 60.3 Å². The van der Waals surface area contributed by atoms with Crippen molar-refractivity contribution in [3.63, 3.8) is 0 Å². The van der Waals surface area contributed by atoms with Gasteiger partial charge in [0.15, 0.2) is 0 Å². The zero-order valence-electron chi connectivity index (χ0n) is 16.6. The van der Waals surface area contributed by atoms with E-state index in [0.29, 0.717) is 22.7 Å². The maximum absolute atomic E-state index is 12.8. The number of ether oxygens (including phenoxy) is 1. The van der Waals surface area contributed by atoms with E-state index in [-0.39, 0.29) is 10.8 Å². The highest BCUT2D eigenvalue weighted by atomic mass is 32.2. The molecule has 0 radical (unpaired) electrons. The quantitative estimate of drug-likeness (QED) is 0.532. The topological polar surface area (TPSA) is 84.5 Å². The van der Waals surface area contributed by atoms with Crippen LogP contribution in [0.5, 0.6) is 5.75 Å². The first kappa shape index (κ1) is 21.7. The van der Waals surface area contributed by atoms with Gasteiger partial charge in [-0.15, -0.1) is 0 Å². The minimum absolute atomic E-state index is 0.0292. The van der Waals surface area contributed by atoms with Crippen molar-refractivity contribution in [1.82, 2.24) is 0 Å². The number of nitrogens with one attached hydrogen (secondary N) is 2. The molecule has 1 amide bonds. The Morgan fingerprint density at radius 2 is 1.73 bits per heavy atom. The predicted molar refractivity (Wildman–Crippen MR) is 122 cm³/mol. The van der Waals surface area contributed by atoms with Crippen molar-refractivity contribution in [3.05, 3.63) is 83.9 Å². The van der Waals surface area contributed by atoms with Gasteiger partial charge in [0.2, 0.25) is 0 Å². The van der Waals surface area contributed by atoms with E-state index in [4.69, 9.17) is 4.74 Å². The van der Waals surface area contributed by atoms with Crippen LogP contribution >= 0.6 is 11.8 Å². The molecule has 6 nitrogen and oxygen atoms in total. The van der Waals surface area contributed by atoms with E-state index in [0.717, 1.165) is 11.3 Å². The number of para-hydroxylation sites is 2. The summed E-state index contributed by atoms with van der Waals surface area (Å²) in [5.74, 6) is 0.981. The molecule has 3 aromatic carbocycles. The van der Waals surface area contributed by atoms with Crippen LogP contribution < -0.4 is 14.8 Å². The summed E-state index contributed by atoms with van der Waals surface area (Å²) in [5.41, 5.74) is 2.35. The lowest BCUT2D eigenvalue weighted by Gasteiger charge is -2.12. The fraction of sp³-hybridized carbons (Fsp3) is 0.136. The number of carbonyl (C=O) groups is 1. The van der Waals surface area contributed by atoms with Crippen molar-refractivity contribution in [1.29, 1.82) is 0 Å². The molecular weight excluding hydrogens is 420 g/mol. The van der Waals surface area contributed by atoms with Crippen LogP contribution in [0.1, 0.15) is 15.9 Å². The molecule has 30 heavy (non-hydrogen) atoms. The lowest BCUT2D eigenvalue weighted by Crippen LogP contribution is -2.15. The highest BCUT2D eigenvalue weighted by Gasteiger charge is 2.17. The number of carbonyl (C=O) groups excluding carboxylic acids is 1. The Bertz CT molecular complexity index is 1130. The molecule has 0 aliphatic heterocycles. The van der Waals surface area contributed by atoms with Gasteiger partial charge in [-0.2, -0.15) is 11.8 Å².